The van der Waals surface area contributed by atoms with E-state index in [1.807, 2.05) is 37.3 Å². The number of hydrogen-bond acceptors (Lipinski definition) is 6. The van der Waals surface area contributed by atoms with Gasteiger partial charge in [-0.05, 0) is 24.6 Å². The third-order valence-electron chi connectivity index (χ3n) is 4.66. The summed E-state index contributed by atoms with van der Waals surface area (Å²) in [4.78, 5) is 29.4. The second-order valence-electron chi connectivity index (χ2n) is 6.99. The molecule has 1 atom stereocenters. The number of nitrogens with zero attached hydrogens (tertiary/aromatic N) is 3. The highest BCUT2D eigenvalue weighted by molar-refractivity contribution is 8.00. The highest BCUT2D eigenvalue weighted by Gasteiger charge is 2.26. The lowest BCUT2D eigenvalue weighted by Gasteiger charge is -2.14. The molecule has 8 heteroatoms. The first-order valence-electron chi connectivity index (χ1n) is 9.18. The van der Waals surface area contributed by atoms with Crippen molar-refractivity contribution >= 4 is 29.2 Å². The van der Waals surface area contributed by atoms with Crippen molar-refractivity contribution in [3.63, 3.8) is 0 Å². The third-order valence-corrected chi connectivity index (χ3v) is 6.89. The molecule has 2 heterocycles. The van der Waals surface area contributed by atoms with E-state index in [2.05, 4.69) is 6.92 Å². The number of aromatic nitrogens is 2. The zero-order valence-corrected chi connectivity index (χ0v) is 17.6. The third kappa shape index (κ3) is 4.09. The lowest BCUT2D eigenvalue weighted by atomic mass is 10.2. The number of rotatable bonds is 5. The molecule has 3 aromatic rings. The van der Waals surface area contributed by atoms with Gasteiger partial charge in [0.05, 0.1) is 21.2 Å². The van der Waals surface area contributed by atoms with Crippen LogP contribution < -0.4 is 5.56 Å². The average molecular weight is 426 g/mol. The number of nitro benzene ring substituents is 1. The zero-order valence-electron chi connectivity index (χ0n) is 16.0. The second kappa shape index (κ2) is 8.04. The van der Waals surface area contributed by atoms with Gasteiger partial charge in [0.15, 0.2) is 5.16 Å². The van der Waals surface area contributed by atoms with Crippen molar-refractivity contribution in [3.05, 3.63) is 85.8 Å². The molecule has 29 heavy (non-hydrogen) atoms. The van der Waals surface area contributed by atoms with Crippen molar-refractivity contribution in [2.75, 3.05) is 0 Å². The number of non-ortho nitro benzene ring substituents is 1. The molecule has 0 saturated carbocycles. The van der Waals surface area contributed by atoms with Gasteiger partial charge in [-0.2, -0.15) is 0 Å². The molecule has 6 nitrogen and oxygen atoms in total. The van der Waals surface area contributed by atoms with Gasteiger partial charge in [-0.25, -0.2) is 4.98 Å². The maximum absolute atomic E-state index is 13.3. The van der Waals surface area contributed by atoms with Gasteiger partial charge in [0, 0.05) is 29.6 Å². The Morgan fingerprint density at radius 3 is 2.76 bits per heavy atom. The zero-order chi connectivity index (χ0) is 20.5. The summed E-state index contributed by atoms with van der Waals surface area (Å²) in [6, 6.07) is 14.3. The van der Waals surface area contributed by atoms with E-state index in [-0.39, 0.29) is 11.2 Å². The fraction of sp³-hybridized carbons (Fsp3) is 0.238. The van der Waals surface area contributed by atoms with E-state index in [4.69, 9.17) is 4.98 Å². The first-order chi connectivity index (χ1) is 13.9. The first-order valence-corrected chi connectivity index (χ1v) is 11.0. The number of nitro groups is 1. The molecule has 4 rings (SSSR count). The minimum atomic E-state index is -0.400. The molecule has 1 unspecified atom stereocenters. The molecule has 1 aliphatic rings. The van der Waals surface area contributed by atoms with Crippen molar-refractivity contribution in [3.8, 4) is 5.69 Å². The molecule has 1 aromatic heterocycles. The number of aryl methyl sites for hydroxylation is 1. The topological polar surface area (TPSA) is 78.0 Å². The Labute approximate surface area is 176 Å². The van der Waals surface area contributed by atoms with E-state index in [0.29, 0.717) is 16.2 Å². The van der Waals surface area contributed by atoms with Crippen LogP contribution in [0.25, 0.3) is 5.69 Å². The fourth-order valence-electron chi connectivity index (χ4n) is 3.23. The smallest absolute Gasteiger partial charge is 0.268 e. The van der Waals surface area contributed by atoms with Gasteiger partial charge in [-0.15, -0.1) is 11.8 Å². The van der Waals surface area contributed by atoms with Gasteiger partial charge in [-0.1, -0.05) is 48.5 Å². The van der Waals surface area contributed by atoms with Crippen LogP contribution in [0.3, 0.4) is 0 Å². The van der Waals surface area contributed by atoms with Gasteiger partial charge in [-0.3, -0.25) is 19.5 Å². The SMILES string of the molecule is Cc1ccc(-n2c(SCc3cccc([N+](=O)[O-])c3)nc3c(c2=O)SC(C)C3)cc1. The summed E-state index contributed by atoms with van der Waals surface area (Å²) in [5.41, 5.74) is 3.57. The van der Waals surface area contributed by atoms with E-state index in [9.17, 15) is 14.9 Å². The summed E-state index contributed by atoms with van der Waals surface area (Å²) < 4.78 is 1.66. The van der Waals surface area contributed by atoms with Crippen molar-refractivity contribution in [2.24, 2.45) is 0 Å². The Morgan fingerprint density at radius 1 is 1.28 bits per heavy atom. The minimum absolute atomic E-state index is 0.0465. The quantitative estimate of drug-likeness (QED) is 0.253. The minimum Gasteiger partial charge on any atom is -0.268 e. The summed E-state index contributed by atoms with van der Waals surface area (Å²) in [6.07, 6.45) is 0.772. The van der Waals surface area contributed by atoms with Crippen LogP contribution >= 0.6 is 23.5 Å². The van der Waals surface area contributed by atoms with Crippen LogP contribution in [0.2, 0.25) is 0 Å². The number of fused-ring (bicyclic) bond motifs is 1. The molecule has 0 radical (unpaired) electrons. The number of thioether (sulfide) groups is 2. The maximum atomic E-state index is 13.3. The largest absolute Gasteiger partial charge is 0.272 e. The van der Waals surface area contributed by atoms with Crippen molar-refractivity contribution < 1.29 is 4.92 Å². The van der Waals surface area contributed by atoms with E-state index in [0.717, 1.165) is 33.8 Å². The van der Waals surface area contributed by atoms with E-state index >= 15 is 0 Å². The Morgan fingerprint density at radius 2 is 2.03 bits per heavy atom. The lowest BCUT2D eigenvalue weighted by molar-refractivity contribution is -0.384. The Kier molecular flexibility index (Phi) is 5.47. The molecular formula is C21H19N3O3S2. The first kappa shape index (κ1) is 19.7. The number of benzene rings is 2. The highest BCUT2D eigenvalue weighted by Crippen LogP contribution is 2.35. The molecule has 0 aliphatic carbocycles. The maximum Gasteiger partial charge on any atom is 0.272 e. The van der Waals surface area contributed by atoms with Gasteiger partial charge in [0.2, 0.25) is 0 Å². The predicted molar refractivity (Wildman–Crippen MR) is 116 cm³/mol. The summed E-state index contributed by atoms with van der Waals surface area (Å²) in [6.45, 7) is 4.10. The molecule has 2 aromatic carbocycles. The molecule has 1 aliphatic heterocycles. The molecule has 0 bridgehead atoms. The van der Waals surface area contributed by atoms with Gasteiger partial charge in [0.25, 0.3) is 11.2 Å². The highest BCUT2D eigenvalue weighted by atomic mass is 32.2. The van der Waals surface area contributed by atoms with Crippen LogP contribution in [0.4, 0.5) is 5.69 Å². The van der Waals surface area contributed by atoms with Gasteiger partial charge >= 0.3 is 0 Å². The van der Waals surface area contributed by atoms with Crippen LogP contribution in [0, 0.1) is 17.0 Å². The van der Waals surface area contributed by atoms with Crippen LogP contribution in [0.15, 0.2) is 63.4 Å². The van der Waals surface area contributed by atoms with E-state index in [1.54, 1.807) is 28.5 Å². The summed E-state index contributed by atoms with van der Waals surface area (Å²) >= 11 is 3.00. The molecule has 0 amide bonds. The van der Waals surface area contributed by atoms with E-state index < -0.39 is 4.92 Å². The summed E-state index contributed by atoms with van der Waals surface area (Å²) in [5, 5.41) is 12.0. The van der Waals surface area contributed by atoms with Crippen LogP contribution in [0.1, 0.15) is 23.7 Å². The second-order valence-corrected chi connectivity index (χ2v) is 9.39. The summed E-state index contributed by atoms with van der Waals surface area (Å²) in [7, 11) is 0. The fourth-order valence-corrected chi connectivity index (χ4v) is 5.29. The van der Waals surface area contributed by atoms with Gasteiger partial charge < -0.3 is 0 Å². The van der Waals surface area contributed by atoms with Gasteiger partial charge in [0.1, 0.15) is 0 Å². The normalized spacial score (nSPS) is 15.3. The van der Waals surface area contributed by atoms with Crippen LogP contribution in [-0.2, 0) is 12.2 Å². The molecule has 0 fully saturated rings. The lowest BCUT2D eigenvalue weighted by Crippen LogP contribution is -2.23. The molecule has 0 saturated heterocycles. The molecule has 0 N–H and O–H groups in total. The molecular weight excluding hydrogens is 406 g/mol. The van der Waals surface area contributed by atoms with Crippen molar-refractivity contribution in [2.45, 2.75) is 41.3 Å². The Balaban J connectivity index is 1.74. The monoisotopic (exact) mass is 425 g/mol. The Hall–Kier alpha value is -2.58. The van der Waals surface area contributed by atoms with Crippen molar-refractivity contribution in [1.29, 1.82) is 0 Å². The summed E-state index contributed by atoms with van der Waals surface area (Å²) in [5.74, 6) is 0.488. The van der Waals surface area contributed by atoms with Crippen LogP contribution in [0.5, 0.6) is 0 Å². The molecule has 0 spiro atoms. The van der Waals surface area contributed by atoms with Crippen molar-refractivity contribution in [1.82, 2.24) is 9.55 Å². The Bertz CT molecular complexity index is 1140. The van der Waals surface area contributed by atoms with Crippen LogP contribution in [-0.4, -0.2) is 19.7 Å². The standard InChI is InChI=1S/C21H19N3O3S2/c1-13-6-8-16(9-7-13)23-20(25)19-18(10-14(2)29-19)22-21(23)28-12-15-4-3-5-17(11-15)24(26)27/h3-9,11,14H,10,12H2,1-2H3. The average Bonchev–Trinajstić information content (AvgIpc) is 3.08. The molecule has 148 valence electrons. The van der Waals surface area contributed by atoms with E-state index in [1.165, 1.54) is 17.8 Å². The number of hydrogen-bond donors (Lipinski definition) is 0. The predicted octanol–water partition coefficient (Wildman–Crippen LogP) is 4.78.